The predicted octanol–water partition coefficient (Wildman–Crippen LogP) is 3.30. The maximum absolute atomic E-state index is 13.1. The second kappa shape index (κ2) is 5.71. The molecular weight excluding hydrogens is 306 g/mol. The van der Waals surface area contributed by atoms with Gasteiger partial charge in [-0.3, -0.25) is 9.48 Å². The van der Waals surface area contributed by atoms with E-state index in [1.54, 1.807) is 0 Å². The van der Waals surface area contributed by atoms with Crippen molar-refractivity contribution in [3.63, 3.8) is 0 Å². The summed E-state index contributed by atoms with van der Waals surface area (Å²) in [4.78, 5) is 16.4. The molecule has 0 radical (unpaired) electrons. The maximum Gasteiger partial charge on any atom is 0.230 e. The van der Waals surface area contributed by atoms with Crippen LogP contribution in [0.4, 0.5) is 5.69 Å². The summed E-state index contributed by atoms with van der Waals surface area (Å²) in [5.74, 6) is 2.31. The number of rotatable bonds is 2. The van der Waals surface area contributed by atoms with Crippen molar-refractivity contribution in [1.82, 2.24) is 9.78 Å². The molecular formula is C18H21N3OS. The summed E-state index contributed by atoms with van der Waals surface area (Å²) in [7, 11) is 1.92. The monoisotopic (exact) mass is 327 g/mol. The maximum atomic E-state index is 13.1. The summed E-state index contributed by atoms with van der Waals surface area (Å²) in [6, 6.07) is 8.30. The van der Waals surface area contributed by atoms with Crippen molar-refractivity contribution >= 4 is 23.4 Å². The molecule has 2 aromatic rings. The molecule has 5 heteroatoms. The van der Waals surface area contributed by atoms with Crippen LogP contribution in [-0.2, 0) is 11.8 Å². The minimum Gasteiger partial charge on any atom is -0.311 e. The Labute approximate surface area is 140 Å². The van der Waals surface area contributed by atoms with Crippen LogP contribution in [0, 0.1) is 11.8 Å². The van der Waals surface area contributed by atoms with E-state index in [2.05, 4.69) is 30.2 Å². The lowest BCUT2D eigenvalue weighted by molar-refractivity contribution is -0.120. The summed E-state index contributed by atoms with van der Waals surface area (Å²) in [6.07, 6.45) is 4.88. The standard InChI is InChI=1S/C18H21N3OS/c1-12-9-21(16-5-3-4-6-17(16)23-11-12)18(22)15-7-14(15)13-8-19-20(2)10-13/h3-6,8,10,12,14-15H,7,9,11H2,1-2H3/t12-,14+,15-/m1/s1. The van der Waals surface area contributed by atoms with Gasteiger partial charge in [0.2, 0.25) is 5.91 Å². The lowest BCUT2D eigenvalue weighted by Crippen LogP contribution is -2.36. The normalized spacial score (nSPS) is 26.5. The molecule has 0 spiro atoms. The lowest BCUT2D eigenvalue weighted by Gasteiger charge is -2.24. The Morgan fingerprint density at radius 2 is 2.17 bits per heavy atom. The van der Waals surface area contributed by atoms with Gasteiger partial charge >= 0.3 is 0 Å². The minimum atomic E-state index is 0.113. The molecule has 0 N–H and O–H groups in total. The SMILES string of the molecule is C[C@H]1CSc2ccccc2N(C(=O)[C@@H]2C[C@H]2c2cnn(C)c2)C1. The van der Waals surface area contributed by atoms with Crippen LogP contribution in [0.25, 0.3) is 0 Å². The Kier molecular flexibility index (Phi) is 3.68. The molecule has 4 nitrogen and oxygen atoms in total. The van der Waals surface area contributed by atoms with Gasteiger partial charge in [0, 0.05) is 36.4 Å². The second-order valence-corrected chi connectivity index (χ2v) is 7.79. The van der Waals surface area contributed by atoms with Gasteiger partial charge in [0.15, 0.2) is 0 Å². The largest absolute Gasteiger partial charge is 0.311 e. The number of nitrogens with zero attached hydrogens (tertiary/aromatic N) is 3. The van der Waals surface area contributed by atoms with Crippen molar-refractivity contribution in [3.05, 3.63) is 42.2 Å². The molecule has 23 heavy (non-hydrogen) atoms. The Hall–Kier alpha value is -1.75. The number of para-hydroxylation sites is 1. The molecule has 2 heterocycles. The van der Waals surface area contributed by atoms with Crippen molar-refractivity contribution < 1.29 is 4.79 Å². The third kappa shape index (κ3) is 2.78. The van der Waals surface area contributed by atoms with Crippen LogP contribution in [-0.4, -0.2) is 28.0 Å². The number of anilines is 1. The van der Waals surface area contributed by atoms with E-state index in [0.29, 0.717) is 11.8 Å². The van der Waals surface area contributed by atoms with Crippen molar-refractivity contribution in [2.75, 3.05) is 17.2 Å². The van der Waals surface area contributed by atoms with E-state index in [-0.39, 0.29) is 11.8 Å². The molecule has 1 aliphatic heterocycles. The van der Waals surface area contributed by atoms with E-state index in [1.807, 2.05) is 46.9 Å². The Balaban J connectivity index is 1.58. The molecule has 2 aliphatic rings. The summed E-state index contributed by atoms with van der Waals surface area (Å²) in [6.45, 7) is 3.05. The summed E-state index contributed by atoms with van der Waals surface area (Å²) < 4.78 is 1.81. The first kappa shape index (κ1) is 14.8. The molecule has 4 rings (SSSR count). The van der Waals surface area contributed by atoms with Gasteiger partial charge in [-0.15, -0.1) is 11.8 Å². The molecule has 3 atom stereocenters. The van der Waals surface area contributed by atoms with Crippen molar-refractivity contribution in [2.45, 2.75) is 24.2 Å². The third-order valence-corrected chi connectivity index (χ3v) is 6.09. The summed E-state index contributed by atoms with van der Waals surface area (Å²) >= 11 is 1.86. The topological polar surface area (TPSA) is 38.1 Å². The fourth-order valence-corrected chi connectivity index (χ4v) is 4.44. The van der Waals surface area contributed by atoms with Crippen molar-refractivity contribution in [3.8, 4) is 0 Å². The molecule has 0 bridgehead atoms. The second-order valence-electron chi connectivity index (χ2n) is 6.73. The number of benzene rings is 1. The van der Waals surface area contributed by atoms with Crippen LogP contribution in [0.5, 0.6) is 0 Å². The highest BCUT2D eigenvalue weighted by Crippen LogP contribution is 2.49. The van der Waals surface area contributed by atoms with Crippen LogP contribution in [0.2, 0.25) is 0 Å². The van der Waals surface area contributed by atoms with Crippen LogP contribution in [0.1, 0.15) is 24.8 Å². The molecule has 0 unspecified atom stereocenters. The highest BCUT2D eigenvalue weighted by molar-refractivity contribution is 7.99. The summed E-state index contributed by atoms with van der Waals surface area (Å²) in [5, 5.41) is 4.24. The van der Waals surface area contributed by atoms with Crippen LogP contribution < -0.4 is 4.90 Å². The number of hydrogen-bond acceptors (Lipinski definition) is 3. The minimum absolute atomic E-state index is 0.113. The molecule has 1 amide bonds. The fraction of sp³-hybridized carbons (Fsp3) is 0.444. The third-order valence-electron chi connectivity index (χ3n) is 4.70. The smallest absolute Gasteiger partial charge is 0.230 e. The predicted molar refractivity (Wildman–Crippen MR) is 92.7 cm³/mol. The van der Waals surface area contributed by atoms with Gasteiger partial charge in [0.05, 0.1) is 11.9 Å². The average molecular weight is 327 g/mol. The highest BCUT2D eigenvalue weighted by Gasteiger charge is 2.47. The van der Waals surface area contributed by atoms with E-state index in [0.717, 1.165) is 24.4 Å². The summed E-state index contributed by atoms with van der Waals surface area (Å²) in [5.41, 5.74) is 2.28. The number of aromatic nitrogens is 2. The van der Waals surface area contributed by atoms with Crippen LogP contribution in [0.3, 0.4) is 0 Å². The molecule has 120 valence electrons. The molecule has 1 saturated carbocycles. The van der Waals surface area contributed by atoms with Gasteiger partial charge in [-0.25, -0.2) is 0 Å². The number of carbonyl (C=O) groups is 1. The van der Waals surface area contributed by atoms with E-state index in [9.17, 15) is 4.79 Å². The zero-order valence-corrected chi connectivity index (χ0v) is 14.3. The van der Waals surface area contributed by atoms with Crippen LogP contribution >= 0.6 is 11.8 Å². The zero-order valence-electron chi connectivity index (χ0n) is 13.5. The number of carbonyl (C=O) groups excluding carboxylic acids is 1. The number of aryl methyl sites for hydroxylation is 1. The fourth-order valence-electron chi connectivity index (χ4n) is 3.37. The Bertz CT molecular complexity index is 741. The molecule has 1 aromatic carbocycles. The first-order valence-electron chi connectivity index (χ1n) is 8.15. The molecule has 0 saturated heterocycles. The zero-order chi connectivity index (χ0) is 16.0. The number of amides is 1. The molecule has 1 aliphatic carbocycles. The number of hydrogen-bond donors (Lipinski definition) is 0. The molecule has 1 aromatic heterocycles. The first-order valence-corrected chi connectivity index (χ1v) is 9.14. The quantitative estimate of drug-likeness (QED) is 0.849. The van der Waals surface area contributed by atoms with E-state index in [1.165, 1.54) is 10.5 Å². The first-order chi connectivity index (χ1) is 11.1. The van der Waals surface area contributed by atoms with Gasteiger partial charge in [0.1, 0.15) is 0 Å². The van der Waals surface area contributed by atoms with Gasteiger partial charge in [-0.1, -0.05) is 19.1 Å². The van der Waals surface area contributed by atoms with E-state index < -0.39 is 0 Å². The number of thioether (sulfide) groups is 1. The Morgan fingerprint density at radius 3 is 2.96 bits per heavy atom. The molecule has 1 fully saturated rings. The van der Waals surface area contributed by atoms with E-state index >= 15 is 0 Å². The van der Waals surface area contributed by atoms with E-state index in [4.69, 9.17) is 0 Å². The van der Waals surface area contributed by atoms with Crippen molar-refractivity contribution in [1.29, 1.82) is 0 Å². The Morgan fingerprint density at radius 1 is 1.35 bits per heavy atom. The van der Waals surface area contributed by atoms with Crippen molar-refractivity contribution in [2.24, 2.45) is 18.9 Å². The number of fused-ring (bicyclic) bond motifs is 1. The van der Waals surface area contributed by atoms with Crippen LogP contribution in [0.15, 0.2) is 41.6 Å². The van der Waals surface area contributed by atoms with Gasteiger partial charge < -0.3 is 4.90 Å². The average Bonchev–Trinajstić information content (AvgIpc) is 3.27. The highest BCUT2D eigenvalue weighted by atomic mass is 32.2. The van der Waals surface area contributed by atoms with Gasteiger partial charge in [-0.05, 0) is 36.0 Å². The van der Waals surface area contributed by atoms with Gasteiger partial charge in [-0.2, -0.15) is 5.10 Å². The lowest BCUT2D eigenvalue weighted by atomic mass is 10.1. The van der Waals surface area contributed by atoms with Gasteiger partial charge in [0.25, 0.3) is 0 Å².